The predicted molar refractivity (Wildman–Crippen MR) is 92.6 cm³/mol. The molecule has 0 aliphatic heterocycles. The van der Waals surface area contributed by atoms with Crippen LogP contribution >= 0.6 is 0 Å². The van der Waals surface area contributed by atoms with E-state index in [1.165, 1.54) is 25.7 Å². The fourth-order valence-corrected chi connectivity index (χ4v) is 5.26. The normalized spacial score (nSPS) is 41.5. The molecule has 2 heteroatoms. The molecule has 0 heterocycles. The highest BCUT2D eigenvalue weighted by Crippen LogP contribution is 2.49. The summed E-state index contributed by atoms with van der Waals surface area (Å²) in [4.78, 5) is 0. The Morgan fingerprint density at radius 2 is 1.00 bits per heavy atom. The highest BCUT2D eigenvalue weighted by molar-refractivity contribution is 4.98. The van der Waals surface area contributed by atoms with E-state index < -0.39 is 0 Å². The van der Waals surface area contributed by atoms with Crippen LogP contribution in [0, 0.1) is 34.5 Å². The second kappa shape index (κ2) is 6.43. The average Bonchev–Trinajstić information content (AvgIpc) is 2.60. The predicted octanol–water partition coefficient (Wildman–Crippen LogP) is 4.63. The minimum absolute atomic E-state index is 0.0680. The van der Waals surface area contributed by atoms with E-state index in [0.29, 0.717) is 17.8 Å². The van der Waals surface area contributed by atoms with Crippen LogP contribution in [0.25, 0.3) is 0 Å². The lowest BCUT2D eigenvalue weighted by Crippen LogP contribution is -2.47. The minimum atomic E-state index is -0.356. The first-order chi connectivity index (χ1) is 10.0. The Bertz CT molecular complexity index is 329. The van der Waals surface area contributed by atoms with E-state index in [0.717, 1.165) is 12.8 Å². The van der Waals surface area contributed by atoms with Crippen LogP contribution in [0.1, 0.15) is 80.1 Å². The summed E-state index contributed by atoms with van der Waals surface area (Å²) in [7, 11) is 0. The van der Waals surface area contributed by atoms with Crippen LogP contribution in [0.15, 0.2) is 0 Å². The van der Waals surface area contributed by atoms with E-state index in [4.69, 9.17) is 0 Å². The molecule has 2 saturated carbocycles. The van der Waals surface area contributed by atoms with Gasteiger partial charge in [0.15, 0.2) is 0 Å². The Labute approximate surface area is 137 Å². The van der Waals surface area contributed by atoms with Gasteiger partial charge in [-0.05, 0) is 54.3 Å². The van der Waals surface area contributed by atoms with Crippen LogP contribution in [0.3, 0.4) is 0 Å². The third kappa shape index (κ3) is 3.70. The third-order valence-corrected chi connectivity index (χ3v) is 6.56. The van der Waals surface area contributed by atoms with Gasteiger partial charge in [0.25, 0.3) is 0 Å². The molecule has 22 heavy (non-hydrogen) atoms. The highest BCUT2D eigenvalue weighted by Gasteiger charge is 2.48. The molecule has 130 valence electrons. The summed E-state index contributed by atoms with van der Waals surface area (Å²) >= 11 is 0. The first-order valence-electron chi connectivity index (χ1n) is 9.39. The van der Waals surface area contributed by atoms with Crippen LogP contribution < -0.4 is 0 Å². The molecule has 0 aromatic heterocycles. The van der Waals surface area contributed by atoms with Gasteiger partial charge in [0, 0.05) is 5.92 Å². The Kier molecular flexibility index (Phi) is 5.34. The summed E-state index contributed by atoms with van der Waals surface area (Å²) in [5, 5.41) is 22.4. The van der Waals surface area contributed by atoms with E-state index >= 15 is 0 Å². The van der Waals surface area contributed by atoms with Crippen LogP contribution in [0.2, 0.25) is 0 Å². The van der Waals surface area contributed by atoms with Gasteiger partial charge in [-0.3, -0.25) is 0 Å². The molecule has 0 spiro atoms. The van der Waals surface area contributed by atoms with Crippen molar-refractivity contribution in [3.05, 3.63) is 0 Å². The van der Waals surface area contributed by atoms with E-state index in [2.05, 4.69) is 41.5 Å². The molecule has 2 rings (SSSR count). The van der Waals surface area contributed by atoms with E-state index in [9.17, 15) is 10.2 Å². The molecular formula is C20H38O2. The SMILES string of the molecule is CC(C)(C)[C@H]1CCCC2CCC[C@H](C(C)(C)C)C(O)C2C1O. The van der Waals surface area contributed by atoms with Gasteiger partial charge in [-0.1, -0.05) is 54.4 Å². The lowest BCUT2D eigenvalue weighted by molar-refractivity contribution is -0.0911. The van der Waals surface area contributed by atoms with Crippen LogP contribution in [0.4, 0.5) is 0 Å². The monoisotopic (exact) mass is 310 g/mol. The molecule has 0 amide bonds. The molecule has 0 aromatic rings. The third-order valence-electron chi connectivity index (χ3n) is 6.56. The smallest absolute Gasteiger partial charge is 0.0628 e. The number of rotatable bonds is 0. The first-order valence-corrected chi connectivity index (χ1v) is 9.39. The van der Waals surface area contributed by atoms with Gasteiger partial charge < -0.3 is 10.2 Å². The first kappa shape index (κ1) is 18.3. The summed E-state index contributed by atoms with van der Waals surface area (Å²) in [5.41, 5.74) is 0.217. The Morgan fingerprint density at radius 1 is 0.636 bits per heavy atom. The number of aliphatic hydroxyl groups is 2. The molecule has 2 aliphatic carbocycles. The summed E-state index contributed by atoms with van der Waals surface area (Å²) in [6.07, 6.45) is 6.26. The number of hydrogen-bond donors (Lipinski definition) is 2. The van der Waals surface area contributed by atoms with Crippen molar-refractivity contribution in [2.45, 2.75) is 92.3 Å². The van der Waals surface area contributed by atoms with E-state index in [1.807, 2.05) is 0 Å². The molecule has 0 saturated heterocycles. The van der Waals surface area contributed by atoms with Gasteiger partial charge in [-0.15, -0.1) is 0 Å². The average molecular weight is 311 g/mol. The van der Waals surface area contributed by atoms with Gasteiger partial charge in [0.1, 0.15) is 0 Å². The summed E-state index contributed by atoms with van der Waals surface area (Å²) in [6, 6.07) is 0. The highest BCUT2D eigenvalue weighted by atomic mass is 16.3. The van der Waals surface area contributed by atoms with E-state index in [1.54, 1.807) is 0 Å². The Morgan fingerprint density at radius 3 is 1.32 bits per heavy atom. The van der Waals surface area contributed by atoms with E-state index in [-0.39, 0.29) is 29.0 Å². The Balaban J connectivity index is 2.32. The lowest BCUT2D eigenvalue weighted by Gasteiger charge is -2.43. The quantitative estimate of drug-likeness (QED) is 0.684. The molecule has 2 unspecified atom stereocenters. The minimum Gasteiger partial charge on any atom is -0.392 e. The van der Waals surface area contributed by atoms with Crippen molar-refractivity contribution in [2.75, 3.05) is 0 Å². The zero-order valence-corrected chi connectivity index (χ0v) is 15.6. The molecule has 0 bridgehead atoms. The van der Waals surface area contributed by atoms with Crippen LogP contribution in [0.5, 0.6) is 0 Å². The fraction of sp³-hybridized carbons (Fsp3) is 1.00. The standard InChI is InChI=1S/C20H38O2/c1-19(2,3)14-11-7-9-13-10-8-12-15(20(4,5)6)18(22)16(13)17(14)21/h13-18,21-22H,7-12H2,1-6H3/t13?,14-,15-,16?,17?,18?/m0/s1. The molecule has 2 fully saturated rings. The molecule has 4 atom stereocenters. The van der Waals surface area contributed by atoms with Crippen molar-refractivity contribution in [1.29, 1.82) is 0 Å². The maximum atomic E-state index is 11.2. The molecule has 0 aromatic carbocycles. The zero-order chi connectivity index (χ0) is 16.7. The van der Waals surface area contributed by atoms with Gasteiger partial charge >= 0.3 is 0 Å². The van der Waals surface area contributed by atoms with Crippen LogP contribution in [-0.2, 0) is 0 Å². The second-order valence-electron chi connectivity index (χ2n) is 10.1. The van der Waals surface area contributed by atoms with Crippen LogP contribution in [-0.4, -0.2) is 22.4 Å². The van der Waals surface area contributed by atoms with Gasteiger partial charge in [0.2, 0.25) is 0 Å². The van der Waals surface area contributed by atoms with Gasteiger partial charge in [-0.25, -0.2) is 0 Å². The lowest BCUT2D eigenvalue weighted by atomic mass is 9.66. The summed E-state index contributed by atoms with van der Waals surface area (Å²) in [5.74, 6) is 1.18. The Hall–Kier alpha value is -0.0800. The molecule has 2 N–H and O–H groups in total. The molecule has 2 nitrogen and oxygen atoms in total. The maximum absolute atomic E-state index is 11.2. The van der Waals surface area contributed by atoms with Gasteiger partial charge in [-0.2, -0.15) is 0 Å². The van der Waals surface area contributed by atoms with Gasteiger partial charge in [0.05, 0.1) is 12.2 Å². The number of hydrogen-bond acceptors (Lipinski definition) is 2. The van der Waals surface area contributed by atoms with Crippen molar-refractivity contribution in [1.82, 2.24) is 0 Å². The molecule has 2 aliphatic rings. The molecule has 0 radical (unpaired) electrons. The van der Waals surface area contributed by atoms with Crippen molar-refractivity contribution in [2.24, 2.45) is 34.5 Å². The van der Waals surface area contributed by atoms with Crippen molar-refractivity contribution >= 4 is 0 Å². The van der Waals surface area contributed by atoms with Crippen molar-refractivity contribution < 1.29 is 10.2 Å². The zero-order valence-electron chi connectivity index (χ0n) is 15.6. The largest absolute Gasteiger partial charge is 0.392 e. The fourth-order valence-electron chi connectivity index (χ4n) is 5.26. The van der Waals surface area contributed by atoms with Crippen molar-refractivity contribution in [3.63, 3.8) is 0 Å². The number of aliphatic hydroxyl groups excluding tert-OH is 2. The summed E-state index contributed by atoms with van der Waals surface area (Å²) in [6.45, 7) is 13.4. The summed E-state index contributed by atoms with van der Waals surface area (Å²) < 4.78 is 0. The molecular weight excluding hydrogens is 272 g/mol. The second-order valence-corrected chi connectivity index (χ2v) is 10.1. The number of fused-ring (bicyclic) bond motifs is 1. The topological polar surface area (TPSA) is 40.5 Å². The maximum Gasteiger partial charge on any atom is 0.0628 e. The van der Waals surface area contributed by atoms with Crippen molar-refractivity contribution in [3.8, 4) is 0 Å².